The maximum atomic E-state index is 12.8. The second-order valence-electron chi connectivity index (χ2n) is 5.26. The molecule has 3 rings (SSSR count). The number of rotatable bonds is 4. The van der Waals surface area contributed by atoms with Crippen molar-refractivity contribution in [1.29, 1.82) is 0 Å². The first-order valence-corrected chi connectivity index (χ1v) is 7.84. The molecule has 1 fully saturated rings. The molecule has 1 saturated heterocycles. The molecule has 1 atom stereocenters. The molecule has 9 heteroatoms. The van der Waals surface area contributed by atoms with Crippen molar-refractivity contribution in [1.82, 2.24) is 14.7 Å². The predicted molar refractivity (Wildman–Crippen MR) is 88.1 cm³/mol. The van der Waals surface area contributed by atoms with E-state index in [4.69, 9.17) is 23.2 Å². The number of halogens is 3. The van der Waals surface area contributed by atoms with Crippen LogP contribution in [-0.2, 0) is 11.3 Å². The Balaban J connectivity index is 1.98. The van der Waals surface area contributed by atoms with Gasteiger partial charge in [-0.3, -0.25) is 9.48 Å². The molecule has 1 aliphatic rings. The average molecular weight is 371 g/mol. The lowest BCUT2D eigenvalue weighted by atomic mass is 10.1. The summed E-state index contributed by atoms with van der Waals surface area (Å²) in [5.74, 6) is -0.466. The molecule has 0 N–H and O–H groups in total. The SMILES string of the molecule is CN1C(=O)N(c2cnn(CCF)c2)C(=O)C1c1cccc(Cl)c1Cl. The van der Waals surface area contributed by atoms with E-state index in [-0.39, 0.29) is 17.3 Å². The van der Waals surface area contributed by atoms with Crippen molar-refractivity contribution in [3.8, 4) is 0 Å². The van der Waals surface area contributed by atoms with Gasteiger partial charge in [0.1, 0.15) is 12.7 Å². The maximum Gasteiger partial charge on any atom is 0.332 e. The lowest BCUT2D eigenvalue weighted by molar-refractivity contribution is -0.119. The quantitative estimate of drug-likeness (QED) is 0.775. The third kappa shape index (κ3) is 2.63. The lowest BCUT2D eigenvalue weighted by Gasteiger charge is -2.17. The van der Waals surface area contributed by atoms with Crippen LogP contribution in [0.5, 0.6) is 0 Å². The molecule has 126 valence electrons. The van der Waals surface area contributed by atoms with Gasteiger partial charge in [-0.1, -0.05) is 35.3 Å². The number of carbonyl (C=O) groups is 2. The Morgan fingerprint density at radius 1 is 1.29 bits per heavy atom. The number of aryl methyl sites for hydroxylation is 1. The highest BCUT2D eigenvalue weighted by Gasteiger charge is 2.46. The van der Waals surface area contributed by atoms with Crippen molar-refractivity contribution < 1.29 is 14.0 Å². The van der Waals surface area contributed by atoms with Crippen LogP contribution in [0.3, 0.4) is 0 Å². The zero-order chi connectivity index (χ0) is 17.4. The lowest BCUT2D eigenvalue weighted by Crippen LogP contribution is -2.31. The molecule has 2 aromatic rings. The van der Waals surface area contributed by atoms with Crippen molar-refractivity contribution in [3.05, 3.63) is 46.2 Å². The van der Waals surface area contributed by atoms with Crippen LogP contribution in [0.2, 0.25) is 10.0 Å². The second-order valence-corrected chi connectivity index (χ2v) is 6.05. The number of hydrogen-bond acceptors (Lipinski definition) is 3. The van der Waals surface area contributed by atoms with Gasteiger partial charge in [0.15, 0.2) is 0 Å². The summed E-state index contributed by atoms with van der Waals surface area (Å²) in [7, 11) is 1.51. The van der Waals surface area contributed by atoms with Crippen LogP contribution >= 0.6 is 23.2 Å². The Labute approximate surface area is 147 Å². The van der Waals surface area contributed by atoms with Gasteiger partial charge >= 0.3 is 6.03 Å². The van der Waals surface area contributed by atoms with Gasteiger partial charge in [-0.05, 0) is 6.07 Å². The van der Waals surface area contributed by atoms with Crippen molar-refractivity contribution in [2.45, 2.75) is 12.6 Å². The minimum Gasteiger partial charge on any atom is -0.311 e. The minimum absolute atomic E-state index is 0.0512. The van der Waals surface area contributed by atoms with Crippen LogP contribution in [0.15, 0.2) is 30.6 Å². The summed E-state index contributed by atoms with van der Waals surface area (Å²) in [5, 5.41) is 4.47. The van der Waals surface area contributed by atoms with E-state index in [1.54, 1.807) is 18.2 Å². The fourth-order valence-corrected chi connectivity index (χ4v) is 3.05. The smallest absolute Gasteiger partial charge is 0.311 e. The predicted octanol–water partition coefficient (Wildman–Crippen LogP) is 3.30. The summed E-state index contributed by atoms with van der Waals surface area (Å²) in [5.41, 5.74) is 0.731. The van der Waals surface area contributed by atoms with Crippen LogP contribution in [0.1, 0.15) is 11.6 Å². The molecule has 1 aliphatic heterocycles. The molecule has 0 saturated carbocycles. The molecule has 1 aromatic carbocycles. The molecule has 0 radical (unpaired) electrons. The highest BCUT2D eigenvalue weighted by Crippen LogP contribution is 2.38. The van der Waals surface area contributed by atoms with Gasteiger partial charge in [-0.25, -0.2) is 14.1 Å². The Morgan fingerprint density at radius 3 is 2.75 bits per heavy atom. The summed E-state index contributed by atoms with van der Waals surface area (Å²) >= 11 is 12.2. The maximum absolute atomic E-state index is 12.8. The normalized spacial score (nSPS) is 17.9. The van der Waals surface area contributed by atoms with Crippen molar-refractivity contribution in [2.75, 3.05) is 18.6 Å². The zero-order valence-electron chi connectivity index (χ0n) is 12.6. The summed E-state index contributed by atoms with van der Waals surface area (Å²) in [6.45, 7) is -0.542. The molecule has 0 aliphatic carbocycles. The van der Waals surface area contributed by atoms with Crippen molar-refractivity contribution >= 4 is 40.8 Å². The Bertz CT molecular complexity index is 811. The summed E-state index contributed by atoms with van der Waals surface area (Å²) in [6.07, 6.45) is 2.80. The van der Waals surface area contributed by atoms with Crippen molar-refractivity contribution in [2.24, 2.45) is 0 Å². The van der Waals surface area contributed by atoms with E-state index in [0.717, 1.165) is 4.90 Å². The van der Waals surface area contributed by atoms with Crippen LogP contribution in [0, 0.1) is 0 Å². The molecule has 3 amide bonds. The molecule has 2 heterocycles. The summed E-state index contributed by atoms with van der Waals surface area (Å²) in [4.78, 5) is 27.6. The average Bonchev–Trinajstić information content (AvgIpc) is 3.07. The number of benzene rings is 1. The van der Waals surface area contributed by atoms with E-state index in [0.29, 0.717) is 10.6 Å². The first kappa shape index (κ1) is 16.7. The van der Waals surface area contributed by atoms with Gasteiger partial charge < -0.3 is 4.90 Å². The number of alkyl halides is 1. The third-order valence-corrected chi connectivity index (χ3v) is 4.64. The molecule has 6 nitrogen and oxygen atoms in total. The Hall–Kier alpha value is -2.12. The van der Waals surface area contributed by atoms with Crippen LogP contribution in [0.4, 0.5) is 14.9 Å². The number of hydrogen-bond donors (Lipinski definition) is 0. The Morgan fingerprint density at radius 2 is 2.04 bits per heavy atom. The number of urea groups is 1. The number of anilines is 1. The highest BCUT2D eigenvalue weighted by molar-refractivity contribution is 6.42. The van der Waals surface area contributed by atoms with Gasteiger partial charge in [0.25, 0.3) is 5.91 Å². The third-order valence-electron chi connectivity index (χ3n) is 3.80. The minimum atomic E-state index is -0.881. The fraction of sp³-hybridized carbons (Fsp3) is 0.267. The first-order chi connectivity index (χ1) is 11.5. The first-order valence-electron chi connectivity index (χ1n) is 7.08. The van der Waals surface area contributed by atoms with Gasteiger partial charge in [-0.15, -0.1) is 0 Å². The summed E-state index contributed by atoms with van der Waals surface area (Å²) in [6, 6.07) is 3.52. The topological polar surface area (TPSA) is 58.4 Å². The van der Waals surface area contributed by atoms with Gasteiger partial charge in [0, 0.05) is 18.8 Å². The molecular formula is C15H13Cl2FN4O2. The number of imide groups is 1. The van der Waals surface area contributed by atoms with E-state index >= 15 is 0 Å². The largest absolute Gasteiger partial charge is 0.332 e. The standard InChI is InChI=1S/C15H13Cl2FN4O2/c1-20-13(10-3-2-4-11(16)12(10)17)14(23)22(15(20)24)9-7-19-21(8-9)6-5-18/h2-4,7-8,13H,5-6H2,1H3. The van der Waals surface area contributed by atoms with E-state index in [9.17, 15) is 14.0 Å². The highest BCUT2D eigenvalue weighted by atomic mass is 35.5. The molecule has 24 heavy (non-hydrogen) atoms. The van der Waals surface area contributed by atoms with Crippen molar-refractivity contribution in [3.63, 3.8) is 0 Å². The molecular weight excluding hydrogens is 358 g/mol. The summed E-state index contributed by atoms with van der Waals surface area (Å²) < 4.78 is 13.7. The zero-order valence-corrected chi connectivity index (χ0v) is 14.1. The number of amides is 3. The van der Waals surface area contributed by atoms with E-state index < -0.39 is 24.7 Å². The van der Waals surface area contributed by atoms with Gasteiger partial charge in [0.05, 0.1) is 28.5 Å². The number of aromatic nitrogens is 2. The van der Waals surface area contributed by atoms with Crippen LogP contribution in [-0.4, -0.2) is 40.3 Å². The molecule has 0 bridgehead atoms. The van der Waals surface area contributed by atoms with Crippen LogP contribution < -0.4 is 4.90 Å². The number of nitrogens with zero attached hydrogens (tertiary/aromatic N) is 4. The molecule has 1 aromatic heterocycles. The number of carbonyl (C=O) groups excluding carboxylic acids is 2. The number of likely N-dealkylation sites (N-methyl/N-ethyl adjacent to an activating group) is 1. The van der Waals surface area contributed by atoms with E-state index in [1.165, 1.54) is 29.0 Å². The van der Waals surface area contributed by atoms with Gasteiger partial charge in [0.2, 0.25) is 0 Å². The van der Waals surface area contributed by atoms with Crippen LogP contribution in [0.25, 0.3) is 0 Å². The Kier molecular flexibility index (Phi) is 4.47. The second kappa shape index (κ2) is 6.41. The molecule has 0 spiro atoms. The monoisotopic (exact) mass is 370 g/mol. The van der Waals surface area contributed by atoms with E-state index in [2.05, 4.69) is 5.10 Å². The van der Waals surface area contributed by atoms with Gasteiger partial charge in [-0.2, -0.15) is 5.10 Å². The van der Waals surface area contributed by atoms with E-state index in [1.807, 2.05) is 0 Å². The molecule has 1 unspecified atom stereocenters. The fourth-order valence-electron chi connectivity index (χ4n) is 2.64.